The highest BCUT2D eigenvalue weighted by molar-refractivity contribution is 7.90. The first kappa shape index (κ1) is 27.3. The Morgan fingerprint density at radius 3 is 2.21 bits per heavy atom. The summed E-state index contributed by atoms with van der Waals surface area (Å²) in [5.74, 6) is -1.40. The fourth-order valence-electron chi connectivity index (χ4n) is 3.22. The van der Waals surface area contributed by atoms with E-state index in [0.29, 0.717) is 6.54 Å². The topological polar surface area (TPSA) is 90.0 Å². The molecule has 34 heavy (non-hydrogen) atoms. The quantitative estimate of drug-likeness (QED) is 0.462. The smallest absolute Gasteiger partial charge is 0.304 e. The van der Waals surface area contributed by atoms with Crippen molar-refractivity contribution in [1.29, 1.82) is 0 Å². The number of amides is 2. The maximum Gasteiger partial charge on any atom is 0.304 e. The first-order valence-electron chi connectivity index (χ1n) is 11.1. The van der Waals surface area contributed by atoms with E-state index in [1.807, 2.05) is 37.3 Å². The van der Waals surface area contributed by atoms with E-state index < -0.39 is 34.5 Å². The zero-order valence-corrected chi connectivity index (χ0v) is 20.9. The molecular formula is C24H33FN4O4S. The van der Waals surface area contributed by atoms with Crippen molar-refractivity contribution in [2.45, 2.75) is 39.3 Å². The van der Waals surface area contributed by atoms with Gasteiger partial charge in [0.25, 0.3) is 0 Å². The van der Waals surface area contributed by atoms with Crippen molar-refractivity contribution in [2.24, 2.45) is 0 Å². The van der Waals surface area contributed by atoms with E-state index in [9.17, 15) is 22.4 Å². The van der Waals surface area contributed by atoms with Crippen LogP contribution in [0.5, 0.6) is 0 Å². The van der Waals surface area contributed by atoms with Gasteiger partial charge < -0.3 is 10.2 Å². The summed E-state index contributed by atoms with van der Waals surface area (Å²) in [4.78, 5) is 27.6. The van der Waals surface area contributed by atoms with E-state index in [1.165, 1.54) is 31.1 Å². The van der Waals surface area contributed by atoms with Crippen LogP contribution in [0.3, 0.4) is 0 Å². The predicted octanol–water partition coefficient (Wildman–Crippen LogP) is 2.77. The van der Waals surface area contributed by atoms with Gasteiger partial charge in [-0.1, -0.05) is 43.7 Å². The van der Waals surface area contributed by atoms with E-state index in [0.717, 1.165) is 39.1 Å². The van der Waals surface area contributed by atoms with Gasteiger partial charge in [-0.3, -0.25) is 9.59 Å². The van der Waals surface area contributed by atoms with Crippen molar-refractivity contribution >= 4 is 27.7 Å². The molecule has 0 radical (unpaired) electrons. The predicted molar refractivity (Wildman–Crippen MR) is 131 cm³/mol. The number of nitrogens with one attached hydrogen (secondary N) is 1. The Hall–Kier alpha value is -2.98. The van der Waals surface area contributed by atoms with Crippen LogP contribution in [0.15, 0.2) is 54.6 Å². The molecule has 2 rings (SSSR count). The van der Waals surface area contributed by atoms with E-state index >= 15 is 0 Å². The number of halogens is 1. The summed E-state index contributed by atoms with van der Waals surface area (Å²) in [6.07, 6.45) is 1.72. The Balaban J connectivity index is 2.37. The third-order valence-electron chi connectivity index (χ3n) is 5.33. The molecule has 1 N–H and O–H groups in total. The Bertz CT molecular complexity index is 1050. The summed E-state index contributed by atoms with van der Waals surface area (Å²) in [6, 6.07) is 13.2. The number of hydrogen-bond acceptors (Lipinski definition) is 4. The van der Waals surface area contributed by atoms with Gasteiger partial charge in [-0.25, -0.2) is 8.70 Å². The van der Waals surface area contributed by atoms with Crippen LogP contribution in [0, 0.1) is 5.82 Å². The number of benzene rings is 2. The molecule has 0 aliphatic carbocycles. The Kier molecular flexibility index (Phi) is 10.0. The van der Waals surface area contributed by atoms with Crippen molar-refractivity contribution in [3.8, 4) is 0 Å². The van der Waals surface area contributed by atoms with Gasteiger partial charge in [0.15, 0.2) is 0 Å². The number of nitrogens with zero attached hydrogens (tertiary/aromatic N) is 3. The molecular weight excluding hydrogens is 459 g/mol. The van der Waals surface area contributed by atoms with Gasteiger partial charge >= 0.3 is 10.2 Å². The molecule has 2 aromatic carbocycles. The highest BCUT2D eigenvalue weighted by Gasteiger charge is 2.32. The summed E-state index contributed by atoms with van der Waals surface area (Å²) < 4.78 is 41.4. The first-order chi connectivity index (χ1) is 16.1. The lowest BCUT2D eigenvalue weighted by Gasteiger charge is -2.32. The van der Waals surface area contributed by atoms with Crippen molar-refractivity contribution in [3.63, 3.8) is 0 Å². The molecule has 0 unspecified atom stereocenters. The average molecular weight is 493 g/mol. The fraction of sp³-hybridized carbons (Fsp3) is 0.417. The SMILES string of the molecule is CCCCNC(=O)[C@@H](C)N(Cc1ccccc1)C(=O)CN(c1ccc(F)cc1)S(=O)(=O)N(C)C. The van der Waals surface area contributed by atoms with Crippen LogP contribution in [0.4, 0.5) is 10.1 Å². The molecule has 0 aliphatic heterocycles. The molecule has 0 saturated heterocycles. The van der Waals surface area contributed by atoms with Crippen molar-refractivity contribution in [3.05, 3.63) is 66.0 Å². The summed E-state index contributed by atoms with van der Waals surface area (Å²) in [7, 11) is -1.38. The minimum Gasteiger partial charge on any atom is -0.354 e. The third-order valence-corrected chi connectivity index (χ3v) is 7.15. The molecule has 1 atom stereocenters. The van der Waals surface area contributed by atoms with Gasteiger partial charge in [0.2, 0.25) is 11.8 Å². The monoisotopic (exact) mass is 492 g/mol. The molecule has 0 aliphatic rings. The number of carbonyl (C=O) groups excluding carboxylic acids is 2. The number of unbranched alkanes of at least 4 members (excludes halogenated alkanes) is 1. The number of hydrogen-bond donors (Lipinski definition) is 1. The lowest BCUT2D eigenvalue weighted by Crippen LogP contribution is -2.52. The second-order valence-electron chi connectivity index (χ2n) is 8.10. The number of carbonyl (C=O) groups is 2. The molecule has 0 fully saturated rings. The van der Waals surface area contributed by atoms with Gasteiger partial charge in [0.1, 0.15) is 18.4 Å². The minimum absolute atomic E-state index is 0.126. The standard InChI is InChI=1S/C24H33FN4O4S/c1-5-6-16-26-24(31)19(2)28(17-20-10-8-7-9-11-20)23(30)18-29(34(32,33)27(3)4)22-14-12-21(25)13-15-22/h7-15,19H,5-6,16-18H2,1-4H3,(H,26,31)/t19-/m1/s1. The number of anilines is 1. The van der Waals surface area contributed by atoms with Crippen molar-refractivity contribution in [2.75, 3.05) is 31.5 Å². The molecule has 2 amide bonds. The molecule has 0 spiro atoms. The van der Waals surface area contributed by atoms with Gasteiger partial charge in [-0.2, -0.15) is 12.7 Å². The van der Waals surface area contributed by atoms with E-state index in [-0.39, 0.29) is 18.1 Å². The molecule has 10 heteroatoms. The van der Waals surface area contributed by atoms with Crippen LogP contribution in [0.2, 0.25) is 0 Å². The Labute approximate surface area is 201 Å². The Morgan fingerprint density at radius 1 is 1.03 bits per heavy atom. The summed E-state index contributed by atoms with van der Waals surface area (Å²) in [5.41, 5.74) is 0.941. The Morgan fingerprint density at radius 2 is 1.65 bits per heavy atom. The molecule has 0 heterocycles. The van der Waals surface area contributed by atoms with Gasteiger partial charge in [0.05, 0.1) is 5.69 Å². The van der Waals surface area contributed by atoms with Gasteiger partial charge in [0, 0.05) is 27.2 Å². The number of rotatable bonds is 12. The largest absolute Gasteiger partial charge is 0.354 e. The van der Waals surface area contributed by atoms with Crippen LogP contribution < -0.4 is 9.62 Å². The maximum atomic E-state index is 13.5. The second kappa shape index (κ2) is 12.5. The molecule has 0 saturated carbocycles. The lowest BCUT2D eigenvalue weighted by molar-refractivity contribution is -0.139. The molecule has 0 bridgehead atoms. The van der Waals surface area contributed by atoms with Gasteiger partial charge in [-0.05, 0) is 43.2 Å². The summed E-state index contributed by atoms with van der Waals surface area (Å²) in [6.45, 7) is 3.69. The fourth-order valence-corrected chi connectivity index (χ4v) is 4.28. The highest BCUT2D eigenvalue weighted by Crippen LogP contribution is 2.21. The van der Waals surface area contributed by atoms with Crippen LogP contribution >= 0.6 is 0 Å². The average Bonchev–Trinajstić information content (AvgIpc) is 2.81. The molecule has 0 aromatic heterocycles. The van der Waals surface area contributed by atoms with E-state index in [1.54, 1.807) is 6.92 Å². The molecule has 2 aromatic rings. The lowest BCUT2D eigenvalue weighted by atomic mass is 10.1. The summed E-state index contributed by atoms with van der Waals surface area (Å²) in [5, 5.41) is 2.83. The van der Waals surface area contributed by atoms with Crippen LogP contribution in [-0.4, -0.2) is 62.7 Å². The van der Waals surface area contributed by atoms with Crippen LogP contribution in [0.1, 0.15) is 32.3 Å². The van der Waals surface area contributed by atoms with Crippen LogP contribution in [0.25, 0.3) is 0 Å². The maximum absolute atomic E-state index is 13.5. The normalized spacial score (nSPS) is 12.3. The van der Waals surface area contributed by atoms with Crippen LogP contribution in [-0.2, 0) is 26.3 Å². The van der Waals surface area contributed by atoms with E-state index in [2.05, 4.69) is 5.32 Å². The zero-order chi connectivity index (χ0) is 25.3. The molecule has 186 valence electrons. The van der Waals surface area contributed by atoms with Crippen molar-refractivity contribution in [1.82, 2.24) is 14.5 Å². The minimum atomic E-state index is -4.07. The van der Waals surface area contributed by atoms with Crippen molar-refractivity contribution < 1.29 is 22.4 Å². The summed E-state index contributed by atoms with van der Waals surface area (Å²) >= 11 is 0. The second-order valence-corrected chi connectivity index (χ2v) is 10.2. The van der Waals surface area contributed by atoms with E-state index in [4.69, 9.17) is 0 Å². The zero-order valence-electron chi connectivity index (χ0n) is 20.1. The molecule has 8 nitrogen and oxygen atoms in total. The van der Waals surface area contributed by atoms with Gasteiger partial charge in [-0.15, -0.1) is 0 Å². The highest BCUT2D eigenvalue weighted by atomic mass is 32.2. The first-order valence-corrected chi connectivity index (χ1v) is 12.5. The third kappa shape index (κ3) is 7.26.